The topological polar surface area (TPSA) is 85.1 Å². The van der Waals surface area contributed by atoms with Crippen LogP contribution < -0.4 is 14.4 Å². The molecule has 8 nitrogen and oxygen atoms in total. The van der Waals surface area contributed by atoms with E-state index in [1.54, 1.807) is 60.5 Å². The zero-order valence-corrected chi connectivity index (χ0v) is 21.9. The summed E-state index contributed by atoms with van der Waals surface area (Å²) in [6.45, 7) is 2.58. The predicted octanol–water partition coefficient (Wildman–Crippen LogP) is 5.94. The van der Waals surface area contributed by atoms with Gasteiger partial charge < -0.3 is 14.4 Å². The minimum Gasteiger partial charge on any atom is -0.494 e. The van der Waals surface area contributed by atoms with Crippen LogP contribution >= 0.6 is 28.1 Å². The Kier molecular flexibility index (Phi) is 7.66. The van der Waals surface area contributed by atoms with E-state index in [1.165, 1.54) is 17.0 Å². The molecule has 1 aliphatic rings. The number of nitrogens with zero attached hydrogens (tertiary/aromatic N) is 3. The molecule has 4 rings (SSSR count). The van der Waals surface area contributed by atoms with Gasteiger partial charge in [0.2, 0.25) is 0 Å². The van der Waals surface area contributed by atoms with Gasteiger partial charge in [-0.05, 0) is 73.2 Å². The maximum Gasteiger partial charge on any atom is 0.281 e. The number of amides is 1. The van der Waals surface area contributed by atoms with E-state index in [0.29, 0.717) is 45.7 Å². The molecule has 0 N–H and O–H groups in total. The molecule has 1 saturated heterocycles. The number of carbonyl (C=O) groups excluding carboxylic acids is 1. The quantitative estimate of drug-likeness (QED) is 0.144. The number of nitro groups is 1. The Balaban J connectivity index is 1.61. The number of ether oxygens (including phenoxy) is 2. The van der Waals surface area contributed by atoms with Crippen molar-refractivity contribution in [3.63, 3.8) is 0 Å². The van der Waals surface area contributed by atoms with Crippen LogP contribution in [0.3, 0.4) is 0 Å². The van der Waals surface area contributed by atoms with Crippen molar-refractivity contribution in [2.75, 3.05) is 18.6 Å². The van der Waals surface area contributed by atoms with Crippen molar-refractivity contribution in [2.45, 2.75) is 13.5 Å². The summed E-state index contributed by atoms with van der Waals surface area (Å²) >= 11 is 9.04. The third-order valence-electron chi connectivity index (χ3n) is 5.45. The fourth-order valence-corrected chi connectivity index (χ4v) is 4.34. The molecule has 0 spiro atoms. The molecule has 3 aromatic carbocycles. The molecule has 1 heterocycles. The summed E-state index contributed by atoms with van der Waals surface area (Å²) in [4.78, 5) is 27.1. The SMILES string of the molecule is CCOc1ccc(N2C(=O)/C(=C/c3cc(Br)ccc3OCc3cccc([N+](=O)[O-])c3)N(C)C2=S)cc1. The van der Waals surface area contributed by atoms with Crippen LogP contribution in [0.2, 0.25) is 0 Å². The van der Waals surface area contributed by atoms with Gasteiger partial charge in [-0.2, -0.15) is 0 Å². The number of rotatable bonds is 8. The molecule has 1 aliphatic heterocycles. The van der Waals surface area contributed by atoms with E-state index >= 15 is 0 Å². The highest BCUT2D eigenvalue weighted by Crippen LogP contribution is 2.32. The van der Waals surface area contributed by atoms with E-state index in [-0.39, 0.29) is 18.2 Å². The fraction of sp³-hybridized carbons (Fsp3) is 0.154. The summed E-state index contributed by atoms with van der Waals surface area (Å²) in [6.07, 6.45) is 1.72. The van der Waals surface area contributed by atoms with Gasteiger partial charge in [0.25, 0.3) is 11.6 Å². The first kappa shape index (κ1) is 25.3. The van der Waals surface area contributed by atoms with Gasteiger partial charge in [0.15, 0.2) is 5.11 Å². The average molecular weight is 568 g/mol. The number of benzene rings is 3. The predicted molar refractivity (Wildman–Crippen MR) is 145 cm³/mol. The van der Waals surface area contributed by atoms with E-state index < -0.39 is 4.92 Å². The number of non-ortho nitro benzene ring substituents is 1. The van der Waals surface area contributed by atoms with Gasteiger partial charge in [0, 0.05) is 29.2 Å². The lowest BCUT2D eigenvalue weighted by atomic mass is 10.1. The van der Waals surface area contributed by atoms with Gasteiger partial charge in [-0.3, -0.25) is 19.8 Å². The van der Waals surface area contributed by atoms with Crippen molar-refractivity contribution in [1.29, 1.82) is 0 Å². The maximum atomic E-state index is 13.4. The summed E-state index contributed by atoms with van der Waals surface area (Å²) < 4.78 is 12.3. The molecule has 0 saturated carbocycles. The van der Waals surface area contributed by atoms with Gasteiger partial charge in [-0.15, -0.1) is 0 Å². The van der Waals surface area contributed by atoms with Crippen molar-refractivity contribution in [1.82, 2.24) is 4.90 Å². The van der Waals surface area contributed by atoms with E-state index in [1.807, 2.05) is 19.1 Å². The zero-order chi connectivity index (χ0) is 25.8. The van der Waals surface area contributed by atoms with Crippen molar-refractivity contribution in [3.05, 3.63) is 98.1 Å². The summed E-state index contributed by atoms with van der Waals surface area (Å²) in [5.41, 5.74) is 2.33. The molecule has 10 heteroatoms. The smallest absolute Gasteiger partial charge is 0.281 e. The standard InChI is InChI=1S/C26H22BrN3O5S/c1-3-34-22-10-8-20(9-11-22)29-25(31)23(28(2)26(29)36)15-18-14-19(27)7-12-24(18)35-16-17-5-4-6-21(13-17)30(32)33/h4-15H,3,16H2,1-2H3/b23-15-. The van der Waals surface area contributed by atoms with Crippen LogP contribution in [0.1, 0.15) is 18.1 Å². The normalized spacial score (nSPS) is 14.5. The molecule has 0 aliphatic carbocycles. The Morgan fingerprint density at radius 2 is 1.83 bits per heavy atom. The minimum atomic E-state index is -0.445. The summed E-state index contributed by atoms with van der Waals surface area (Å²) in [6, 6.07) is 18.9. The van der Waals surface area contributed by atoms with E-state index in [2.05, 4.69) is 15.9 Å². The van der Waals surface area contributed by atoms with Crippen LogP contribution in [0.15, 0.2) is 76.9 Å². The summed E-state index contributed by atoms with van der Waals surface area (Å²) in [7, 11) is 1.74. The van der Waals surface area contributed by atoms with E-state index in [9.17, 15) is 14.9 Å². The second-order valence-corrected chi connectivity index (χ2v) is 9.12. The largest absolute Gasteiger partial charge is 0.494 e. The second-order valence-electron chi connectivity index (χ2n) is 7.84. The first-order chi connectivity index (χ1) is 17.3. The summed E-state index contributed by atoms with van der Waals surface area (Å²) in [5, 5.41) is 11.4. The zero-order valence-electron chi connectivity index (χ0n) is 19.5. The number of halogens is 1. The molecule has 1 amide bonds. The molecule has 0 radical (unpaired) electrons. The highest BCUT2D eigenvalue weighted by Gasteiger charge is 2.37. The average Bonchev–Trinajstić information content (AvgIpc) is 3.07. The van der Waals surface area contributed by atoms with E-state index in [0.717, 1.165) is 4.47 Å². The van der Waals surface area contributed by atoms with Crippen LogP contribution in [0.5, 0.6) is 11.5 Å². The molecular weight excluding hydrogens is 546 g/mol. The number of likely N-dealkylation sites (N-methyl/N-ethyl adjacent to an activating group) is 1. The van der Waals surface area contributed by atoms with Crippen LogP contribution in [-0.2, 0) is 11.4 Å². The number of nitro benzene ring substituents is 1. The molecular formula is C26H22BrN3O5S. The van der Waals surface area contributed by atoms with E-state index in [4.69, 9.17) is 21.7 Å². The number of anilines is 1. The third kappa shape index (κ3) is 5.39. The number of hydrogen-bond donors (Lipinski definition) is 0. The first-order valence-electron chi connectivity index (χ1n) is 11.0. The Morgan fingerprint density at radius 1 is 1.08 bits per heavy atom. The molecule has 3 aromatic rings. The van der Waals surface area contributed by atoms with Crippen molar-refractivity contribution in [3.8, 4) is 11.5 Å². The van der Waals surface area contributed by atoms with Crippen molar-refractivity contribution in [2.24, 2.45) is 0 Å². The van der Waals surface area contributed by atoms with Gasteiger partial charge in [0.1, 0.15) is 23.8 Å². The lowest BCUT2D eigenvalue weighted by Crippen LogP contribution is -2.31. The van der Waals surface area contributed by atoms with Gasteiger partial charge in [-0.1, -0.05) is 28.1 Å². The first-order valence-corrected chi connectivity index (χ1v) is 12.2. The van der Waals surface area contributed by atoms with Crippen LogP contribution in [0, 0.1) is 10.1 Å². The van der Waals surface area contributed by atoms with Crippen LogP contribution in [0.25, 0.3) is 6.08 Å². The summed E-state index contributed by atoms with van der Waals surface area (Å²) in [5.74, 6) is 0.961. The lowest BCUT2D eigenvalue weighted by molar-refractivity contribution is -0.384. The third-order valence-corrected chi connectivity index (χ3v) is 6.40. The highest BCUT2D eigenvalue weighted by atomic mass is 79.9. The Morgan fingerprint density at radius 3 is 2.53 bits per heavy atom. The number of hydrogen-bond acceptors (Lipinski definition) is 6. The lowest BCUT2D eigenvalue weighted by Gasteiger charge is -2.16. The molecule has 0 atom stereocenters. The van der Waals surface area contributed by atoms with Crippen molar-refractivity contribution < 1.29 is 19.2 Å². The Bertz CT molecular complexity index is 1360. The van der Waals surface area contributed by atoms with Crippen LogP contribution in [0.4, 0.5) is 11.4 Å². The molecule has 0 bridgehead atoms. The number of thiocarbonyl (C=S) groups is 1. The Hall–Kier alpha value is -3.76. The second kappa shape index (κ2) is 10.9. The van der Waals surface area contributed by atoms with Gasteiger partial charge in [0.05, 0.1) is 17.2 Å². The van der Waals surface area contributed by atoms with Crippen LogP contribution in [-0.4, -0.2) is 34.5 Å². The maximum absolute atomic E-state index is 13.4. The van der Waals surface area contributed by atoms with Gasteiger partial charge >= 0.3 is 0 Å². The number of carbonyl (C=O) groups is 1. The molecule has 184 valence electrons. The van der Waals surface area contributed by atoms with Gasteiger partial charge in [-0.25, -0.2) is 0 Å². The Labute approximate surface area is 222 Å². The molecule has 1 fully saturated rings. The molecule has 0 unspecified atom stereocenters. The molecule has 36 heavy (non-hydrogen) atoms. The highest BCUT2D eigenvalue weighted by molar-refractivity contribution is 9.10. The fourth-order valence-electron chi connectivity index (χ4n) is 3.67. The monoisotopic (exact) mass is 567 g/mol. The minimum absolute atomic E-state index is 0.00434. The van der Waals surface area contributed by atoms with Crippen molar-refractivity contribution >= 4 is 56.6 Å². The molecule has 0 aromatic heterocycles.